The third kappa shape index (κ3) is 4.85. The van der Waals surface area contributed by atoms with Crippen LogP contribution in [0.5, 0.6) is 0 Å². The summed E-state index contributed by atoms with van der Waals surface area (Å²) >= 11 is 0. The van der Waals surface area contributed by atoms with Crippen LogP contribution in [-0.4, -0.2) is 71.2 Å². The van der Waals surface area contributed by atoms with Crippen LogP contribution in [0.1, 0.15) is 63.2 Å². The molecule has 3 N–H and O–H groups in total. The van der Waals surface area contributed by atoms with Gasteiger partial charge in [-0.15, -0.1) is 0 Å². The number of carbonyl (C=O) groups is 2. The lowest BCUT2D eigenvalue weighted by Gasteiger charge is -2.59. The lowest BCUT2D eigenvalue weighted by molar-refractivity contribution is -0.120. The van der Waals surface area contributed by atoms with Gasteiger partial charge >= 0.3 is 0 Å². The Hall–Kier alpha value is -2.39. The van der Waals surface area contributed by atoms with Gasteiger partial charge in [-0.1, -0.05) is 0 Å². The molecule has 5 aliphatic rings. The molecule has 35 heavy (non-hydrogen) atoms. The second-order valence-corrected chi connectivity index (χ2v) is 11.8. The molecule has 0 spiro atoms. The van der Waals surface area contributed by atoms with Gasteiger partial charge in [0.05, 0.1) is 24.9 Å². The summed E-state index contributed by atoms with van der Waals surface area (Å²) < 4.78 is 7.28. The maximum atomic E-state index is 13.7. The van der Waals surface area contributed by atoms with Gasteiger partial charge in [-0.2, -0.15) is 5.10 Å². The Balaban J connectivity index is 1.38. The van der Waals surface area contributed by atoms with Crippen LogP contribution >= 0.6 is 0 Å². The monoisotopic (exact) mass is 485 g/mol. The van der Waals surface area contributed by atoms with Gasteiger partial charge in [-0.25, -0.2) is 4.68 Å². The highest BCUT2D eigenvalue weighted by Gasteiger charge is 2.55. The first-order valence-corrected chi connectivity index (χ1v) is 13.0. The summed E-state index contributed by atoms with van der Waals surface area (Å²) in [6.45, 7) is 8.18. The van der Waals surface area contributed by atoms with Crippen LogP contribution in [0.15, 0.2) is 12.3 Å². The fraction of sp³-hybridized carbons (Fsp3) is 0.731. The summed E-state index contributed by atoms with van der Waals surface area (Å²) in [5, 5.41) is 20.9. The Bertz CT molecular complexity index is 980. The SMILES string of the molecule is CC(=O)NC(C)(C)/C=C/n1ncc(C(=O)NC2C3CC4CC2CC(CO)(C4)C3)c1N1CCOCC1. The predicted octanol–water partition coefficient (Wildman–Crippen LogP) is 2.02. The van der Waals surface area contributed by atoms with E-state index in [-0.39, 0.29) is 29.9 Å². The van der Waals surface area contributed by atoms with Crippen molar-refractivity contribution in [3.63, 3.8) is 0 Å². The topological polar surface area (TPSA) is 109 Å². The van der Waals surface area contributed by atoms with Crippen molar-refractivity contribution in [1.82, 2.24) is 20.4 Å². The van der Waals surface area contributed by atoms with E-state index in [1.807, 2.05) is 26.1 Å². The van der Waals surface area contributed by atoms with E-state index in [0.29, 0.717) is 49.6 Å². The Labute approximate surface area is 207 Å². The molecule has 4 aliphatic carbocycles. The first-order chi connectivity index (χ1) is 16.7. The molecule has 2 atom stereocenters. The number of anilines is 1. The van der Waals surface area contributed by atoms with Gasteiger partial charge in [-0.3, -0.25) is 9.59 Å². The number of nitrogens with zero attached hydrogens (tertiary/aromatic N) is 3. The van der Waals surface area contributed by atoms with E-state index in [0.717, 1.165) is 37.9 Å². The number of nitrogens with one attached hydrogen (secondary N) is 2. The average Bonchev–Trinajstić information content (AvgIpc) is 3.24. The van der Waals surface area contributed by atoms with Crippen LogP contribution in [0.4, 0.5) is 5.82 Å². The third-order valence-corrected chi connectivity index (χ3v) is 8.49. The molecule has 1 aromatic rings. The lowest BCUT2D eigenvalue weighted by atomic mass is 9.48. The first-order valence-electron chi connectivity index (χ1n) is 13.0. The van der Waals surface area contributed by atoms with Gasteiger partial charge in [0, 0.05) is 38.9 Å². The van der Waals surface area contributed by atoms with Crippen molar-refractivity contribution in [2.75, 3.05) is 37.8 Å². The van der Waals surface area contributed by atoms with Gasteiger partial charge in [-0.05, 0) is 75.2 Å². The van der Waals surface area contributed by atoms with E-state index < -0.39 is 5.54 Å². The van der Waals surface area contributed by atoms with E-state index in [9.17, 15) is 14.7 Å². The number of aliphatic hydroxyl groups is 1. The zero-order chi connectivity index (χ0) is 24.8. The maximum absolute atomic E-state index is 13.7. The van der Waals surface area contributed by atoms with Gasteiger partial charge in [0.25, 0.3) is 5.91 Å². The van der Waals surface area contributed by atoms with Crippen molar-refractivity contribution in [1.29, 1.82) is 0 Å². The van der Waals surface area contributed by atoms with Crippen LogP contribution in [0.25, 0.3) is 6.20 Å². The largest absolute Gasteiger partial charge is 0.396 e. The number of ether oxygens (including phenoxy) is 1. The van der Waals surface area contributed by atoms with E-state index in [1.165, 1.54) is 6.92 Å². The number of amides is 2. The summed E-state index contributed by atoms with van der Waals surface area (Å²) in [4.78, 5) is 27.4. The molecule has 2 heterocycles. The van der Waals surface area contributed by atoms with Crippen molar-refractivity contribution >= 4 is 23.8 Å². The minimum absolute atomic E-state index is 0.0765. The van der Waals surface area contributed by atoms with Crippen molar-refractivity contribution in [3.05, 3.63) is 17.8 Å². The highest BCUT2D eigenvalue weighted by Crippen LogP contribution is 2.59. The summed E-state index contributed by atoms with van der Waals surface area (Å²) in [5.41, 5.74) is 0.0954. The Kier molecular flexibility index (Phi) is 6.42. The first kappa shape index (κ1) is 24.3. The number of aliphatic hydroxyl groups excluding tert-OH is 1. The second-order valence-electron chi connectivity index (χ2n) is 11.8. The molecule has 4 bridgehead atoms. The standard InChI is InChI=1S/C26H39N5O4/c1-17(33)29-25(2,3)4-5-31-24(30-6-8-35-9-7-30)21(15-27-31)23(34)28-22-19-10-18-11-20(22)14-26(12-18,13-19)16-32/h4-5,15,18-20,22,32H,6-14,16H2,1-3H3,(H,28,34)(H,29,33)/b5-4+. The molecule has 0 aromatic carbocycles. The summed E-state index contributed by atoms with van der Waals surface area (Å²) in [6, 6.07) is 0.161. The molecule has 0 radical (unpaired) electrons. The van der Waals surface area contributed by atoms with Crippen LogP contribution in [-0.2, 0) is 9.53 Å². The molecule has 9 nitrogen and oxygen atoms in total. The van der Waals surface area contributed by atoms with Gasteiger partial charge in [0.1, 0.15) is 11.4 Å². The molecule has 1 aromatic heterocycles. The highest BCUT2D eigenvalue weighted by molar-refractivity contribution is 5.99. The number of carbonyl (C=O) groups excluding carboxylic acids is 2. The molecule has 192 valence electrons. The summed E-state index contributed by atoms with van der Waals surface area (Å²) in [7, 11) is 0. The lowest BCUT2D eigenvalue weighted by Crippen LogP contribution is -2.60. The molecular weight excluding hydrogens is 446 g/mol. The summed E-state index contributed by atoms with van der Waals surface area (Å²) in [6.07, 6.45) is 10.8. The molecule has 2 unspecified atom stereocenters. The molecule has 1 saturated heterocycles. The normalized spacial score (nSPS) is 32.3. The van der Waals surface area contributed by atoms with Gasteiger partial charge in [0.15, 0.2) is 0 Å². The molecule has 2 amide bonds. The van der Waals surface area contributed by atoms with Crippen LogP contribution < -0.4 is 15.5 Å². The highest BCUT2D eigenvalue weighted by atomic mass is 16.5. The van der Waals surface area contributed by atoms with Crippen molar-refractivity contribution in [2.24, 2.45) is 23.2 Å². The van der Waals surface area contributed by atoms with Gasteiger partial charge in [0.2, 0.25) is 5.91 Å². The zero-order valence-corrected chi connectivity index (χ0v) is 21.1. The van der Waals surface area contributed by atoms with Crippen molar-refractivity contribution < 1.29 is 19.4 Å². The Morgan fingerprint density at radius 3 is 2.54 bits per heavy atom. The zero-order valence-electron chi connectivity index (χ0n) is 21.1. The quantitative estimate of drug-likeness (QED) is 0.545. The molecular formula is C26H39N5O4. The maximum Gasteiger partial charge on any atom is 0.256 e. The van der Waals surface area contributed by atoms with Crippen LogP contribution in [0.2, 0.25) is 0 Å². The Morgan fingerprint density at radius 1 is 1.23 bits per heavy atom. The third-order valence-electron chi connectivity index (χ3n) is 8.49. The minimum Gasteiger partial charge on any atom is -0.396 e. The molecule has 1 aliphatic heterocycles. The van der Waals surface area contributed by atoms with E-state index in [4.69, 9.17) is 4.74 Å². The number of hydrogen-bond donors (Lipinski definition) is 3. The molecule has 4 saturated carbocycles. The number of morpholine rings is 1. The smallest absolute Gasteiger partial charge is 0.256 e. The van der Waals surface area contributed by atoms with E-state index >= 15 is 0 Å². The van der Waals surface area contributed by atoms with E-state index in [1.54, 1.807) is 10.9 Å². The van der Waals surface area contributed by atoms with Gasteiger partial charge < -0.3 is 25.4 Å². The van der Waals surface area contributed by atoms with Crippen molar-refractivity contribution in [2.45, 2.75) is 64.5 Å². The average molecular weight is 486 g/mol. The predicted molar refractivity (Wildman–Crippen MR) is 133 cm³/mol. The Morgan fingerprint density at radius 2 is 1.91 bits per heavy atom. The van der Waals surface area contributed by atoms with E-state index in [2.05, 4.69) is 20.6 Å². The fourth-order valence-corrected chi connectivity index (χ4v) is 7.32. The number of hydrogen-bond acceptors (Lipinski definition) is 6. The molecule has 5 fully saturated rings. The van der Waals surface area contributed by atoms with Crippen molar-refractivity contribution in [3.8, 4) is 0 Å². The fourth-order valence-electron chi connectivity index (χ4n) is 7.32. The minimum atomic E-state index is -0.550. The van der Waals surface area contributed by atoms with Crippen LogP contribution in [0, 0.1) is 23.2 Å². The number of rotatable bonds is 7. The summed E-state index contributed by atoms with van der Waals surface area (Å²) in [5.74, 6) is 2.15. The second kappa shape index (κ2) is 9.24. The molecule has 9 heteroatoms. The molecule has 6 rings (SSSR count). The van der Waals surface area contributed by atoms with Crippen LogP contribution in [0.3, 0.4) is 0 Å². The number of aromatic nitrogens is 2.